The van der Waals surface area contributed by atoms with Crippen LogP contribution in [0.1, 0.15) is 32.8 Å². The summed E-state index contributed by atoms with van der Waals surface area (Å²) in [5, 5.41) is 10.5. The van der Waals surface area contributed by atoms with E-state index in [9.17, 15) is 9.90 Å². The smallest absolute Gasteiger partial charge is 0.187 e. The van der Waals surface area contributed by atoms with Crippen LogP contribution < -0.4 is 0 Å². The zero-order chi connectivity index (χ0) is 19.6. The number of furan rings is 1. The van der Waals surface area contributed by atoms with Crippen molar-refractivity contribution >= 4 is 23.6 Å². The number of hydrogen-bond donors (Lipinski definition) is 1. The van der Waals surface area contributed by atoms with Crippen molar-refractivity contribution in [1.82, 2.24) is 0 Å². The number of aromatic hydroxyl groups is 1. The van der Waals surface area contributed by atoms with E-state index in [1.54, 1.807) is 31.3 Å². The number of nitrogens with zero attached hydrogens (tertiary/aromatic N) is 1. The molecule has 3 aromatic rings. The molecule has 2 aromatic carbocycles. The Bertz CT molecular complexity index is 994. The summed E-state index contributed by atoms with van der Waals surface area (Å²) >= 11 is 5.91. The number of phenols is 1. The Morgan fingerprint density at radius 3 is 2.37 bits per heavy atom. The molecule has 1 N–H and O–H groups in total. The third-order valence-electron chi connectivity index (χ3n) is 4.34. The molecule has 0 saturated carbocycles. The monoisotopic (exact) mass is 381 g/mol. The zero-order valence-corrected chi connectivity index (χ0v) is 16.2. The van der Waals surface area contributed by atoms with Crippen LogP contribution in [0.3, 0.4) is 0 Å². The maximum absolute atomic E-state index is 12.5. The van der Waals surface area contributed by atoms with E-state index in [1.807, 2.05) is 38.1 Å². The fraction of sp³-hybridized carbons (Fsp3) is 0.182. The quantitative estimate of drug-likeness (QED) is 0.466. The summed E-state index contributed by atoms with van der Waals surface area (Å²) in [5.41, 5.74) is 3.79. The van der Waals surface area contributed by atoms with Gasteiger partial charge in [0.2, 0.25) is 0 Å². The van der Waals surface area contributed by atoms with Crippen molar-refractivity contribution in [3.63, 3.8) is 0 Å². The van der Waals surface area contributed by atoms with Gasteiger partial charge in [0.15, 0.2) is 5.78 Å². The van der Waals surface area contributed by atoms with Gasteiger partial charge in [-0.1, -0.05) is 11.6 Å². The molecular weight excluding hydrogens is 362 g/mol. The standard InChI is InChI=1S/C22H20ClNO3/c1-13-8-16(9-14(2)22(13)26)11-24-12-20(25)19-10-21(27-15(19)3)17-4-6-18(23)7-5-17/h4-11,26H,12H2,1-3H3. The Labute approximate surface area is 163 Å². The summed E-state index contributed by atoms with van der Waals surface area (Å²) in [6.45, 7) is 5.46. The predicted octanol–water partition coefficient (Wildman–Crippen LogP) is 5.53. The second-order valence-electron chi connectivity index (χ2n) is 6.48. The van der Waals surface area contributed by atoms with Crippen LogP contribution in [0, 0.1) is 20.8 Å². The normalized spacial score (nSPS) is 11.3. The van der Waals surface area contributed by atoms with E-state index >= 15 is 0 Å². The summed E-state index contributed by atoms with van der Waals surface area (Å²) in [5.74, 6) is 1.37. The number of phenolic OH excluding ortho intramolecular Hbond substituents is 1. The summed E-state index contributed by atoms with van der Waals surface area (Å²) in [6.07, 6.45) is 1.65. The minimum absolute atomic E-state index is 0.0272. The van der Waals surface area contributed by atoms with Crippen molar-refractivity contribution in [3.8, 4) is 17.1 Å². The minimum Gasteiger partial charge on any atom is -0.507 e. The third kappa shape index (κ3) is 4.29. The molecular formula is C22H20ClNO3. The topological polar surface area (TPSA) is 62.8 Å². The highest BCUT2D eigenvalue weighted by molar-refractivity contribution is 6.30. The molecule has 1 aromatic heterocycles. The Morgan fingerprint density at radius 2 is 1.74 bits per heavy atom. The first-order chi connectivity index (χ1) is 12.8. The summed E-state index contributed by atoms with van der Waals surface area (Å²) in [4.78, 5) is 16.8. The minimum atomic E-state index is -0.111. The molecule has 0 aliphatic rings. The second kappa shape index (κ2) is 7.80. The highest BCUT2D eigenvalue weighted by Gasteiger charge is 2.15. The summed E-state index contributed by atoms with van der Waals surface area (Å²) in [7, 11) is 0. The highest BCUT2D eigenvalue weighted by atomic mass is 35.5. The fourth-order valence-electron chi connectivity index (χ4n) is 2.90. The molecule has 0 aliphatic heterocycles. The van der Waals surface area contributed by atoms with E-state index in [1.165, 1.54) is 0 Å². The number of aryl methyl sites for hydroxylation is 3. The largest absolute Gasteiger partial charge is 0.507 e. The molecule has 27 heavy (non-hydrogen) atoms. The molecule has 0 unspecified atom stereocenters. The van der Waals surface area contributed by atoms with Crippen LogP contribution in [0.2, 0.25) is 5.02 Å². The summed E-state index contributed by atoms with van der Waals surface area (Å²) in [6, 6.07) is 12.7. The molecule has 138 valence electrons. The van der Waals surface area contributed by atoms with Gasteiger partial charge in [-0.2, -0.15) is 0 Å². The second-order valence-corrected chi connectivity index (χ2v) is 6.92. The first-order valence-electron chi connectivity index (χ1n) is 8.55. The molecule has 0 fully saturated rings. The molecule has 0 aliphatic carbocycles. The number of aliphatic imine (C=N–C) groups is 1. The maximum atomic E-state index is 12.5. The SMILES string of the molecule is Cc1cc(C=NCC(=O)c2cc(-c3ccc(Cl)cc3)oc2C)cc(C)c1O. The van der Waals surface area contributed by atoms with Crippen molar-refractivity contribution in [2.75, 3.05) is 6.54 Å². The Balaban J connectivity index is 1.74. The number of ketones is 1. The Hall–Kier alpha value is -2.85. The van der Waals surface area contributed by atoms with E-state index in [-0.39, 0.29) is 18.1 Å². The lowest BCUT2D eigenvalue weighted by Crippen LogP contribution is -2.04. The lowest BCUT2D eigenvalue weighted by molar-refractivity contribution is 0.100. The van der Waals surface area contributed by atoms with Crippen LogP contribution in [0.15, 0.2) is 51.9 Å². The van der Waals surface area contributed by atoms with Gasteiger partial charge in [0.1, 0.15) is 23.8 Å². The van der Waals surface area contributed by atoms with Crippen LogP contribution in [0.4, 0.5) is 0 Å². The van der Waals surface area contributed by atoms with Gasteiger partial charge >= 0.3 is 0 Å². The van der Waals surface area contributed by atoms with Crippen molar-refractivity contribution < 1.29 is 14.3 Å². The van der Waals surface area contributed by atoms with Crippen molar-refractivity contribution in [1.29, 1.82) is 0 Å². The zero-order valence-electron chi connectivity index (χ0n) is 15.4. The van der Waals surface area contributed by atoms with Crippen LogP contribution in [0.25, 0.3) is 11.3 Å². The van der Waals surface area contributed by atoms with E-state index in [2.05, 4.69) is 4.99 Å². The third-order valence-corrected chi connectivity index (χ3v) is 4.59. The van der Waals surface area contributed by atoms with Crippen molar-refractivity contribution in [3.05, 3.63) is 75.5 Å². The van der Waals surface area contributed by atoms with Crippen LogP contribution in [-0.2, 0) is 0 Å². The molecule has 0 spiro atoms. The van der Waals surface area contributed by atoms with Gasteiger partial charge in [0.05, 0.1) is 5.56 Å². The Kier molecular flexibility index (Phi) is 5.47. The molecule has 0 amide bonds. The Morgan fingerprint density at radius 1 is 1.11 bits per heavy atom. The van der Waals surface area contributed by atoms with E-state index < -0.39 is 0 Å². The number of carbonyl (C=O) groups is 1. The van der Waals surface area contributed by atoms with E-state index in [4.69, 9.17) is 16.0 Å². The molecule has 4 nitrogen and oxygen atoms in total. The first kappa shape index (κ1) is 18.9. The predicted molar refractivity (Wildman–Crippen MR) is 108 cm³/mol. The van der Waals surface area contributed by atoms with E-state index in [0.29, 0.717) is 22.1 Å². The number of rotatable bonds is 5. The van der Waals surface area contributed by atoms with Crippen LogP contribution in [-0.4, -0.2) is 23.6 Å². The molecule has 0 bridgehead atoms. The first-order valence-corrected chi connectivity index (χ1v) is 8.92. The fourth-order valence-corrected chi connectivity index (χ4v) is 3.02. The summed E-state index contributed by atoms with van der Waals surface area (Å²) < 4.78 is 5.73. The molecule has 5 heteroatoms. The van der Waals surface area contributed by atoms with Crippen molar-refractivity contribution in [2.45, 2.75) is 20.8 Å². The maximum Gasteiger partial charge on any atom is 0.187 e. The van der Waals surface area contributed by atoms with Gasteiger partial charge < -0.3 is 9.52 Å². The highest BCUT2D eigenvalue weighted by Crippen LogP contribution is 2.27. The van der Waals surface area contributed by atoms with Gasteiger partial charge in [-0.25, -0.2) is 0 Å². The van der Waals surface area contributed by atoms with Crippen molar-refractivity contribution in [2.24, 2.45) is 4.99 Å². The van der Waals surface area contributed by atoms with Gasteiger partial charge in [-0.3, -0.25) is 9.79 Å². The van der Waals surface area contributed by atoms with Crippen LogP contribution >= 0.6 is 11.6 Å². The molecule has 3 rings (SSSR count). The average molecular weight is 382 g/mol. The number of hydrogen-bond acceptors (Lipinski definition) is 4. The molecule has 0 radical (unpaired) electrons. The molecule has 0 saturated heterocycles. The lowest BCUT2D eigenvalue weighted by atomic mass is 10.1. The number of Topliss-reactive ketones (excluding diaryl/α,β-unsaturated/α-hetero) is 1. The molecule has 1 heterocycles. The van der Waals surface area contributed by atoms with Crippen LogP contribution in [0.5, 0.6) is 5.75 Å². The van der Waals surface area contributed by atoms with Gasteiger partial charge in [0, 0.05) is 16.8 Å². The number of halogens is 1. The van der Waals surface area contributed by atoms with Gasteiger partial charge in [0.25, 0.3) is 0 Å². The number of carbonyl (C=O) groups excluding carboxylic acids is 1. The molecule has 0 atom stereocenters. The van der Waals surface area contributed by atoms with Gasteiger partial charge in [-0.05, 0) is 79.9 Å². The van der Waals surface area contributed by atoms with Gasteiger partial charge in [-0.15, -0.1) is 0 Å². The average Bonchev–Trinajstić information content (AvgIpc) is 3.02. The van der Waals surface area contributed by atoms with E-state index in [0.717, 1.165) is 22.3 Å². The number of benzene rings is 2. The lowest BCUT2D eigenvalue weighted by Gasteiger charge is -2.04.